The summed E-state index contributed by atoms with van der Waals surface area (Å²) in [5.41, 5.74) is 0. The summed E-state index contributed by atoms with van der Waals surface area (Å²) in [6.45, 7) is 1.46. The molecular weight excluding hydrogens is 268 g/mol. The Hall–Kier alpha value is -0.950. The monoisotopic (exact) mass is 288 g/mol. The number of urea groups is 1. The van der Waals surface area contributed by atoms with Crippen LogP contribution in [0, 0.1) is 5.92 Å². The number of rotatable bonds is 3. The molecule has 2 rings (SSSR count). The number of likely N-dealkylation sites (tertiary alicyclic amines) is 1. The van der Waals surface area contributed by atoms with Crippen molar-refractivity contribution in [2.45, 2.75) is 25.3 Å². The van der Waals surface area contributed by atoms with Crippen molar-refractivity contribution >= 4 is 23.8 Å². The lowest BCUT2D eigenvalue weighted by Crippen LogP contribution is -2.51. The average molecular weight is 288 g/mol. The number of aliphatic hydroxyl groups excluding tert-OH is 1. The number of carbonyl (C=O) groups is 2. The minimum atomic E-state index is -0.928. The Kier molecular flexibility index (Phi) is 4.93. The molecule has 0 radical (unpaired) electrons. The Morgan fingerprint density at radius 3 is 2.84 bits per heavy atom. The van der Waals surface area contributed by atoms with Gasteiger partial charge in [-0.2, -0.15) is 0 Å². The summed E-state index contributed by atoms with van der Waals surface area (Å²) in [7, 11) is 0. The summed E-state index contributed by atoms with van der Waals surface area (Å²) < 4.78 is 0. The van der Waals surface area contributed by atoms with E-state index in [1.165, 1.54) is 16.7 Å². The van der Waals surface area contributed by atoms with Gasteiger partial charge < -0.3 is 20.0 Å². The van der Waals surface area contributed by atoms with Crippen LogP contribution >= 0.6 is 11.8 Å². The van der Waals surface area contributed by atoms with Crippen LogP contribution < -0.4 is 0 Å². The molecule has 0 aliphatic carbocycles. The molecule has 2 atom stereocenters. The van der Waals surface area contributed by atoms with Gasteiger partial charge in [0.2, 0.25) is 0 Å². The summed E-state index contributed by atoms with van der Waals surface area (Å²) in [6.07, 6.45) is 2.66. The second-order valence-electron chi connectivity index (χ2n) is 5.07. The molecule has 1 unspecified atom stereocenters. The van der Waals surface area contributed by atoms with Crippen LogP contribution in [0.4, 0.5) is 4.79 Å². The highest BCUT2D eigenvalue weighted by Crippen LogP contribution is 2.25. The van der Waals surface area contributed by atoms with E-state index in [0.717, 1.165) is 12.8 Å². The van der Waals surface area contributed by atoms with Crippen LogP contribution in [-0.4, -0.2) is 69.4 Å². The molecule has 2 saturated heterocycles. The van der Waals surface area contributed by atoms with Crippen LogP contribution in [0.25, 0.3) is 0 Å². The van der Waals surface area contributed by atoms with Crippen molar-refractivity contribution in [3.63, 3.8) is 0 Å². The molecule has 0 spiro atoms. The predicted molar refractivity (Wildman–Crippen MR) is 72.0 cm³/mol. The molecule has 2 fully saturated rings. The van der Waals surface area contributed by atoms with E-state index in [-0.39, 0.29) is 12.6 Å². The van der Waals surface area contributed by atoms with E-state index >= 15 is 0 Å². The first-order valence-corrected chi connectivity index (χ1v) is 7.76. The van der Waals surface area contributed by atoms with Gasteiger partial charge in [-0.1, -0.05) is 0 Å². The summed E-state index contributed by atoms with van der Waals surface area (Å²) in [4.78, 5) is 26.7. The molecule has 0 aromatic heterocycles. The molecule has 0 saturated carbocycles. The second kappa shape index (κ2) is 6.47. The van der Waals surface area contributed by atoms with Gasteiger partial charge in [-0.25, -0.2) is 9.59 Å². The molecular formula is C12H20N2O4S. The van der Waals surface area contributed by atoms with Crippen molar-refractivity contribution in [2.75, 3.05) is 31.3 Å². The van der Waals surface area contributed by atoms with Crippen molar-refractivity contribution in [1.82, 2.24) is 9.80 Å². The predicted octanol–water partition coefficient (Wildman–Crippen LogP) is 0.660. The topological polar surface area (TPSA) is 81.1 Å². The Bertz CT molecular complexity index is 351. The maximum absolute atomic E-state index is 12.4. The maximum atomic E-state index is 12.4. The van der Waals surface area contributed by atoms with Gasteiger partial charge in [0.1, 0.15) is 6.04 Å². The first kappa shape index (κ1) is 14.5. The van der Waals surface area contributed by atoms with Crippen LogP contribution in [0.15, 0.2) is 0 Å². The molecule has 2 heterocycles. The Morgan fingerprint density at radius 2 is 2.16 bits per heavy atom. The van der Waals surface area contributed by atoms with Gasteiger partial charge in [-0.3, -0.25) is 0 Å². The third-order valence-electron chi connectivity index (χ3n) is 3.74. The Labute approximate surface area is 116 Å². The zero-order chi connectivity index (χ0) is 13.8. The first-order valence-electron chi connectivity index (χ1n) is 6.60. The van der Waals surface area contributed by atoms with E-state index in [9.17, 15) is 9.59 Å². The zero-order valence-electron chi connectivity index (χ0n) is 10.8. The zero-order valence-corrected chi connectivity index (χ0v) is 11.6. The molecule has 6 nitrogen and oxygen atoms in total. The fourth-order valence-corrected chi connectivity index (χ4v) is 3.81. The molecule has 108 valence electrons. The smallest absolute Gasteiger partial charge is 0.327 e. The van der Waals surface area contributed by atoms with Crippen molar-refractivity contribution < 1.29 is 19.8 Å². The lowest BCUT2D eigenvalue weighted by Gasteiger charge is -2.36. The summed E-state index contributed by atoms with van der Waals surface area (Å²) in [6, 6.07) is -0.865. The molecule has 19 heavy (non-hydrogen) atoms. The average Bonchev–Trinajstić information content (AvgIpc) is 2.88. The highest BCUT2D eigenvalue weighted by atomic mass is 32.2. The second-order valence-corrected chi connectivity index (χ2v) is 6.07. The number of hydrogen-bond donors (Lipinski definition) is 2. The molecule has 0 aromatic rings. The van der Waals surface area contributed by atoms with Crippen LogP contribution in [0.3, 0.4) is 0 Å². The lowest BCUT2D eigenvalue weighted by molar-refractivity contribution is -0.141. The number of nitrogens with zero attached hydrogens (tertiary/aromatic N) is 2. The van der Waals surface area contributed by atoms with E-state index in [4.69, 9.17) is 10.2 Å². The fraction of sp³-hybridized carbons (Fsp3) is 0.833. The van der Waals surface area contributed by atoms with Crippen molar-refractivity contribution in [1.29, 1.82) is 0 Å². The first-order chi connectivity index (χ1) is 9.13. The van der Waals surface area contributed by atoms with Crippen LogP contribution in [0.5, 0.6) is 0 Å². The van der Waals surface area contributed by atoms with Gasteiger partial charge in [0, 0.05) is 25.4 Å². The van der Waals surface area contributed by atoms with Crippen LogP contribution in [-0.2, 0) is 4.79 Å². The van der Waals surface area contributed by atoms with Gasteiger partial charge in [0.05, 0.1) is 5.88 Å². The summed E-state index contributed by atoms with van der Waals surface area (Å²) in [5, 5.41) is 18.1. The molecule has 2 amide bonds. The van der Waals surface area contributed by atoms with Crippen LogP contribution in [0.1, 0.15) is 19.3 Å². The number of hydrogen-bond acceptors (Lipinski definition) is 4. The SMILES string of the molecule is O=C(O)[C@@H]1CSCN1C(=O)N1CCCC(CCO)C1. The normalized spacial score (nSPS) is 27.6. The number of thioether (sulfide) groups is 1. The van der Waals surface area contributed by atoms with Gasteiger partial charge in [-0.15, -0.1) is 11.8 Å². The van der Waals surface area contributed by atoms with E-state index in [1.54, 1.807) is 4.90 Å². The fourth-order valence-electron chi connectivity index (χ4n) is 2.67. The van der Waals surface area contributed by atoms with E-state index in [1.807, 2.05) is 0 Å². The molecule has 2 aliphatic heterocycles. The van der Waals surface area contributed by atoms with Crippen molar-refractivity contribution in [3.8, 4) is 0 Å². The highest BCUT2D eigenvalue weighted by Gasteiger charge is 2.37. The summed E-state index contributed by atoms with van der Waals surface area (Å²) in [5.74, 6) is 0.329. The molecule has 0 aromatic carbocycles. The van der Waals surface area contributed by atoms with Crippen molar-refractivity contribution in [2.24, 2.45) is 5.92 Å². The number of carbonyl (C=O) groups excluding carboxylic acids is 1. The van der Waals surface area contributed by atoms with E-state index in [2.05, 4.69) is 0 Å². The number of aliphatic hydroxyl groups is 1. The third-order valence-corrected chi connectivity index (χ3v) is 4.75. The Morgan fingerprint density at radius 1 is 1.37 bits per heavy atom. The van der Waals surface area contributed by atoms with Crippen LogP contribution in [0.2, 0.25) is 0 Å². The number of carboxylic acids is 1. The Balaban J connectivity index is 1.96. The highest BCUT2D eigenvalue weighted by molar-refractivity contribution is 7.99. The lowest BCUT2D eigenvalue weighted by atomic mass is 9.95. The molecule has 2 N–H and O–H groups in total. The largest absolute Gasteiger partial charge is 0.480 e. The minimum Gasteiger partial charge on any atom is -0.480 e. The standard InChI is InChI=1S/C12H20N2O4S/c15-5-3-9-2-1-4-13(6-9)12(18)14-8-19-7-10(14)11(16)17/h9-10,15H,1-8H2,(H,16,17)/t9?,10-/m0/s1. The quantitative estimate of drug-likeness (QED) is 0.797. The van der Waals surface area contributed by atoms with Gasteiger partial charge in [0.15, 0.2) is 0 Å². The minimum absolute atomic E-state index is 0.143. The summed E-state index contributed by atoms with van der Waals surface area (Å²) >= 11 is 1.48. The number of piperidine rings is 1. The molecule has 7 heteroatoms. The maximum Gasteiger partial charge on any atom is 0.327 e. The molecule has 2 aliphatic rings. The number of aliphatic carboxylic acids is 1. The third kappa shape index (κ3) is 3.33. The van der Waals surface area contributed by atoms with Gasteiger partial charge in [0.25, 0.3) is 0 Å². The van der Waals surface area contributed by atoms with E-state index < -0.39 is 12.0 Å². The number of carboxylic acid groups (broad SMARTS) is 1. The van der Waals surface area contributed by atoms with Crippen molar-refractivity contribution in [3.05, 3.63) is 0 Å². The van der Waals surface area contributed by atoms with Gasteiger partial charge in [-0.05, 0) is 25.2 Å². The van der Waals surface area contributed by atoms with Gasteiger partial charge >= 0.3 is 12.0 Å². The molecule has 0 bridgehead atoms. The van der Waals surface area contributed by atoms with E-state index in [0.29, 0.717) is 37.1 Å². The number of amides is 2.